The van der Waals surface area contributed by atoms with Gasteiger partial charge in [0.25, 0.3) is 0 Å². The second kappa shape index (κ2) is 44.2. The molecular formula is C49H80NO8P. The summed E-state index contributed by atoms with van der Waals surface area (Å²) >= 11 is 0. The lowest BCUT2D eigenvalue weighted by Crippen LogP contribution is -2.29. The highest BCUT2D eigenvalue weighted by atomic mass is 31.2. The van der Waals surface area contributed by atoms with Crippen LogP contribution in [-0.2, 0) is 32.7 Å². The number of ether oxygens (including phenoxy) is 2. The molecule has 1 unspecified atom stereocenters. The minimum atomic E-state index is -4.41. The van der Waals surface area contributed by atoms with Crippen molar-refractivity contribution in [3.63, 3.8) is 0 Å². The van der Waals surface area contributed by atoms with Gasteiger partial charge in [0.15, 0.2) is 6.10 Å². The molecule has 0 fully saturated rings. The molecular weight excluding hydrogens is 762 g/mol. The van der Waals surface area contributed by atoms with Crippen LogP contribution in [0.3, 0.4) is 0 Å². The zero-order chi connectivity index (χ0) is 43.2. The number of carbonyl (C=O) groups excluding carboxylic acids is 2. The van der Waals surface area contributed by atoms with Crippen molar-refractivity contribution in [2.24, 2.45) is 5.73 Å². The Bertz CT molecular complexity index is 1330. The van der Waals surface area contributed by atoms with Gasteiger partial charge in [-0.25, -0.2) is 4.57 Å². The molecule has 0 rings (SSSR count). The molecule has 0 aromatic rings. The van der Waals surface area contributed by atoms with Crippen LogP contribution < -0.4 is 5.73 Å². The van der Waals surface area contributed by atoms with Gasteiger partial charge in [-0.15, -0.1) is 0 Å². The third-order valence-corrected chi connectivity index (χ3v) is 9.63. The quantitative estimate of drug-likeness (QED) is 0.0267. The van der Waals surface area contributed by atoms with Crippen molar-refractivity contribution in [2.45, 2.75) is 161 Å². The van der Waals surface area contributed by atoms with Gasteiger partial charge in [0.05, 0.1) is 13.2 Å². The van der Waals surface area contributed by atoms with Crippen molar-refractivity contribution in [2.75, 3.05) is 26.4 Å². The summed E-state index contributed by atoms with van der Waals surface area (Å²) in [6, 6.07) is 0. The highest BCUT2D eigenvalue weighted by Crippen LogP contribution is 2.43. The minimum absolute atomic E-state index is 0.0321. The molecule has 0 amide bonds. The molecule has 59 heavy (non-hydrogen) atoms. The van der Waals surface area contributed by atoms with Gasteiger partial charge in [0, 0.05) is 19.4 Å². The van der Waals surface area contributed by atoms with Crippen molar-refractivity contribution < 1.29 is 37.6 Å². The van der Waals surface area contributed by atoms with E-state index in [1.54, 1.807) is 0 Å². The van der Waals surface area contributed by atoms with E-state index in [0.717, 1.165) is 64.2 Å². The third kappa shape index (κ3) is 44.1. The monoisotopic (exact) mass is 842 g/mol. The molecule has 0 radical (unpaired) electrons. The van der Waals surface area contributed by atoms with Crippen LogP contribution in [0.1, 0.15) is 155 Å². The van der Waals surface area contributed by atoms with E-state index in [4.69, 9.17) is 24.3 Å². The van der Waals surface area contributed by atoms with E-state index >= 15 is 0 Å². The molecule has 3 N–H and O–H groups in total. The number of nitrogens with two attached hydrogens (primary N) is 1. The SMILES string of the molecule is CCCCCC=CCC=CCC=CCC=CCC=CCCC(=O)OC[C@H](COP(=O)(O)OCCN)OC(=O)CCCCCC=CCC=CCC=CCC=CCCCCC. The topological polar surface area (TPSA) is 134 Å². The normalized spacial score (nSPS) is 14.3. The highest BCUT2D eigenvalue weighted by Gasteiger charge is 2.25. The Kier molecular flexibility index (Phi) is 41.7. The average molecular weight is 842 g/mol. The molecule has 0 aliphatic heterocycles. The summed E-state index contributed by atoms with van der Waals surface area (Å²) in [4.78, 5) is 34.9. The molecule has 9 nitrogen and oxygen atoms in total. The fraction of sp³-hybridized carbons (Fsp3) is 0.592. The maximum atomic E-state index is 12.6. The number of unbranched alkanes of at least 4 members (excludes halogenated alkanes) is 9. The van der Waals surface area contributed by atoms with Crippen molar-refractivity contribution in [3.05, 3.63) is 109 Å². The Balaban J connectivity index is 4.36. The predicted molar refractivity (Wildman–Crippen MR) is 247 cm³/mol. The van der Waals surface area contributed by atoms with Crippen LogP contribution in [0.5, 0.6) is 0 Å². The Labute approximate surface area is 359 Å². The number of phosphoric acid groups is 1. The zero-order valence-corrected chi connectivity index (χ0v) is 37.6. The maximum Gasteiger partial charge on any atom is 0.472 e. The molecule has 2 atom stereocenters. The molecule has 10 heteroatoms. The molecule has 0 spiro atoms. The van der Waals surface area contributed by atoms with E-state index in [-0.39, 0.29) is 32.6 Å². The third-order valence-electron chi connectivity index (χ3n) is 8.64. The van der Waals surface area contributed by atoms with Crippen LogP contribution >= 0.6 is 7.82 Å². The Morgan fingerprint density at radius 1 is 0.508 bits per heavy atom. The lowest BCUT2D eigenvalue weighted by molar-refractivity contribution is -0.161. The molecule has 0 saturated carbocycles. The van der Waals surface area contributed by atoms with Gasteiger partial charge in [-0.3, -0.25) is 18.6 Å². The van der Waals surface area contributed by atoms with Crippen molar-refractivity contribution in [1.29, 1.82) is 0 Å². The van der Waals surface area contributed by atoms with E-state index < -0.39 is 32.5 Å². The average Bonchev–Trinajstić information content (AvgIpc) is 3.22. The molecule has 334 valence electrons. The minimum Gasteiger partial charge on any atom is -0.462 e. The number of rotatable bonds is 40. The number of phosphoric ester groups is 1. The fourth-order valence-corrected chi connectivity index (χ4v) is 6.07. The molecule has 0 bridgehead atoms. The molecule has 0 aliphatic rings. The van der Waals surface area contributed by atoms with E-state index in [2.05, 4.69) is 111 Å². The first-order valence-electron chi connectivity index (χ1n) is 22.4. The highest BCUT2D eigenvalue weighted by molar-refractivity contribution is 7.47. The summed E-state index contributed by atoms with van der Waals surface area (Å²) in [6.45, 7) is 3.53. The second-order valence-electron chi connectivity index (χ2n) is 14.2. The van der Waals surface area contributed by atoms with Crippen LogP contribution in [0.2, 0.25) is 0 Å². The maximum absolute atomic E-state index is 12.6. The van der Waals surface area contributed by atoms with Crippen LogP contribution in [0.15, 0.2) is 109 Å². The van der Waals surface area contributed by atoms with E-state index in [1.807, 2.05) is 12.2 Å². The molecule has 0 aromatic heterocycles. The van der Waals surface area contributed by atoms with Crippen molar-refractivity contribution in [1.82, 2.24) is 0 Å². The van der Waals surface area contributed by atoms with Crippen LogP contribution in [-0.4, -0.2) is 49.3 Å². The molecule has 0 aliphatic carbocycles. The number of allylic oxidation sites excluding steroid dienone is 18. The Morgan fingerprint density at radius 3 is 1.34 bits per heavy atom. The first-order chi connectivity index (χ1) is 28.8. The van der Waals surface area contributed by atoms with Gasteiger partial charge >= 0.3 is 19.8 Å². The largest absolute Gasteiger partial charge is 0.472 e. The first kappa shape index (κ1) is 55.7. The number of carbonyl (C=O) groups is 2. The predicted octanol–water partition coefficient (Wildman–Crippen LogP) is 13.2. The summed E-state index contributed by atoms with van der Waals surface area (Å²) in [6.07, 6.45) is 58.4. The number of hydrogen-bond acceptors (Lipinski definition) is 8. The van der Waals surface area contributed by atoms with Crippen LogP contribution in [0.4, 0.5) is 0 Å². The van der Waals surface area contributed by atoms with Gasteiger partial charge in [0.2, 0.25) is 0 Å². The van der Waals surface area contributed by atoms with Gasteiger partial charge in [0.1, 0.15) is 6.61 Å². The summed E-state index contributed by atoms with van der Waals surface area (Å²) in [5.74, 6) is -0.973. The first-order valence-corrected chi connectivity index (χ1v) is 23.9. The fourth-order valence-electron chi connectivity index (χ4n) is 5.30. The summed E-state index contributed by atoms with van der Waals surface area (Å²) < 4.78 is 32.7. The summed E-state index contributed by atoms with van der Waals surface area (Å²) in [7, 11) is -4.41. The summed E-state index contributed by atoms with van der Waals surface area (Å²) in [5, 5.41) is 0. The molecule has 0 aromatic carbocycles. The smallest absolute Gasteiger partial charge is 0.462 e. The Morgan fingerprint density at radius 2 is 0.915 bits per heavy atom. The summed E-state index contributed by atoms with van der Waals surface area (Å²) in [5.41, 5.74) is 5.34. The van der Waals surface area contributed by atoms with E-state index in [0.29, 0.717) is 12.8 Å². The number of hydrogen-bond donors (Lipinski definition) is 2. The van der Waals surface area contributed by atoms with Crippen molar-refractivity contribution >= 4 is 19.8 Å². The molecule has 0 saturated heterocycles. The second-order valence-corrected chi connectivity index (χ2v) is 15.7. The lowest BCUT2D eigenvalue weighted by Gasteiger charge is -2.19. The van der Waals surface area contributed by atoms with Gasteiger partial charge in [-0.1, -0.05) is 155 Å². The number of esters is 2. The van der Waals surface area contributed by atoms with E-state index in [9.17, 15) is 19.0 Å². The lowest BCUT2D eigenvalue weighted by atomic mass is 10.1. The van der Waals surface area contributed by atoms with Gasteiger partial charge in [-0.05, 0) is 96.3 Å². The Hall–Kier alpha value is -3.33. The standard InChI is InChI=1S/C49H80NO8P/c1-3-5-7-9-11-13-15-17-19-21-23-25-27-29-31-33-35-37-39-41-48(51)55-45-47(46-57-59(53,54)56-44-43-50)58-49(52)42-40-38-36-34-32-30-28-26-24-22-20-18-16-14-12-10-8-6-4-2/h11-14,17-20,23-26,29-32,35,37,47H,3-10,15-16,21-22,27-28,33-34,36,38-46,50H2,1-2H3,(H,53,54)/t47-/m1/s1. The van der Waals surface area contributed by atoms with Crippen LogP contribution in [0, 0.1) is 0 Å². The van der Waals surface area contributed by atoms with Gasteiger partial charge < -0.3 is 20.1 Å². The van der Waals surface area contributed by atoms with Crippen molar-refractivity contribution in [3.8, 4) is 0 Å². The van der Waals surface area contributed by atoms with Crippen LogP contribution in [0.25, 0.3) is 0 Å². The zero-order valence-electron chi connectivity index (χ0n) is 36.7. The molecule has 0 heterocycles. The van der Waals surface area contributed by atoms with E-state index in [1.165, 1.54) is 51.4 Å². The van der Waals surface area contributed by atoms with Gasteiger partial charge in [-0.2, -0.15) is 0 Å².